The van der Waals surface area contributed by atoms with Crippen LogP contribution in [-0.2, 0) is 12.7 Å². The summed E-state index contributed by atoms with van der Waals surface area (Å²) in [5, 5.41) is 8.37. The Morgan fingerprint density at radius 3 is 2.67 bits per heavy atom. The molecule has 2 rings (SSSR count). The number of alkyl halides is 3. The van der Waals surface area contributed by atoms with Crippen molar-refractivity contribution >= 4 is 11.6 Å². The number of para-hydroxylation sites is 1. The Morgan fingerprint density at radius 1 is 1.33 bits per heavy atom. The number of rotatable bonds is 4. The maximum Gasteiger partial charge on any atom is 0.418 e. The van der Waals surface area contributed by atoms with Crippen molar-refractivity contribution < 1.29 is 22.5 Å². The third kappa shape index (κ3) is 3.33. The van der Waals surface area contributed by atoms with E-state index in [1.165, 1.54) is 25.4 Å². The molecule has 1 heterocycles. The molecule has 5 nitrogen and oxygen atoms in total. The number of amides is 1. The van der Waals surface area contributed by atoms with Crippen LogP contribution in [0.3, 0.4) is 0 Å². The molecule has 0 aliphatic rings. The summed E-state index contributed by atoms with van der Waals surface area (Å²) in [6.45, 7) is 0.0399. The van der Waals surface area contributed by atoms with E-state index in [-0.39, 0.29) is 17.8 Å². The average Bonchev–Trinajstić information content (AvgIpc) is 2.96. The topological polar surface area (TPSA) is 67.2 Å². The van der Waals surface area contributed by atoms with Gasteiger partial charge in [0.2, 0.25) is 0 Å². The minimum absolute atomic E-state index is 0.0399. The summed E-state index contributed by atoms with van der Waals surface area (Å²) in [5.74, 6) is -0.233. The molecule has 0 bridgehead atoms. The number of nitrogens with zero attached hydrogens (tertiary/aromatic N) is 1. The molecule has 2 aromatic rings. The lowest BCUT2D eigenvalue weighted by Crippen LogP contribution is -2.24. The Kier molecular flexibility index (Phi) is 4.15. The van der Waals surface area contributed by atoms with Crippen molar-refractivity contribution in [3.63, 3.8) is 0 Å². The lowest BCUT2D eigenvalue weighted by atomic mass is 10.1. The lowest BCUT2D eigenvalue weighted by molar-refractivity contribution is -0.136. The number of anilines is 1. The lowest BCUT2D eigenvalue weighted by Gasteiger charge is -2.16. The van der Waals surface area contributed by atoms with E-state index in [1.807, 2.05) is 0 Å². The Bertz CT molecular complexity index is 624. The van der Waals surface area contributed by atoms with E-state index in [4.69, 9.17) is 4.52 Å². The first kappa shape index (κ1) is 14.9. The minimum atomic E-state index is -4.54. The average molecular weight is 299 g/mol. The van der Waals surface area contributed by atoms with E-state index in [0.29, 0.717) is 5.76 Å². The number of halogens is 3. The summed E-state index contributed by atoms with van der Waals surface area (Å²) in [6.07, 6.45) is -3.13. The van der Waals surface area contributed by atoms with Gasteiger partial charge in [0, 0.05) is 13.1 Å². The predicted molar refractivity (Wildman–Crippen MR) is 68.7 cm³/mol. The second kappa shape index (κ2) is 5.86. The highest BCUT2D eigenvalue weighted by atomic mass is 19.4. The van der Waals surface area contributed by atoms with Gasteiger partial charge in [0.25, 0.3) is 5.91 Å². The first-order valence-corrected chi connectivity index (χ1v) is 5.99. The van der Waals surface area contributed by atoms with Crippen LogP contribution in [0.5, 0.6) is 0 Å². The number of hydrogen-bond donors (Lipinski definition) is 2. The van der Waals surface area contributed by atoms with E-state index in [9.17, 15) is 18.0 Å². The molecule has 8 heteroatoms. The zero-order valence-electron chi connectivity index (χ0n) is 11.0. The van der Waals surface area contributed by atoms with Crippen LogP contribution in [0.25, 0.3) is 0 Å². The van der Waals surface area contributed by atoms with Crippen LogP contribution in [0, 0.1) is 0 Å². The number of carbonyl (C=O) groups excluding carboxylic acids is 1. The molecule has 1 aromatic heterocycles. The molecular formula is C13H12F3N3O2. The monoisotopic (exact) mass is 299 g/mol. The highest BCUT2D eigenvalue weighted by molar-refractivity contribution is 6.00. The van der Waals surface area contributed by atoms with Crippen molar-refractivity contribution in [2.75, 3.05) is 12.4 Å². The summed E-state index contributed by atoms with van der Waals surface area (Å²) in [7, 11) is 1.33. The Hall–Kier alpha value is -2.51. The molecule has 0 radical (unpaired) electrons. The molecule has 0 saturated carbocycles. The van der Waals surface area contributed by atoms with Gasteiger partial charge in [-0.2, -0.15) is 13.2 Å². The molecule has 0 unspecified atom stereocenters. The fourth-order valence-electron chi connectivity index (χ4n) is 1.84. The minimum Gasteiger partial charge on any atom is -0.387 e. The quantitative estimate of drug-likeness (QED) is 0.911. The van der Waals surface area contributed by atoms with Crippen molar-refractivity contribution in [3.8, 4) is 0 Å². The van der Waals surface area contributed by atoms with Gasteiger partial charge in [-0.1, -0.05) is 11.2 Å². The van der Waals surface area contributed by atoms with Crippen LogP contribution in [0.1, 0.15) is 21.7 Å². The van der Waals surface area contributed by atoms with E-state index < -0.39 is 17.6 Å². The summed E-state index contributed by atoms with van der Waals surface area (Å²) in [6, 6.07) is 4.97. The third-order valence-electron chi connectivity index (χ3n) is 2.78. The van der Waals surface area contributed by atoms with Gasteiger partial charge < -0.3 is 15.2 Å². The van der Waals surface area contributed by atoms with Gasteiger partial charge in [-0.25, -0.2) is 0 Å². The molecule has 0 aliphatic heterocycles. The highest BCUT2D eigenvalue weighted by Gasteiger charge is 2.34. The number of aromatic nitrogens is 1. The van der Waals surface area contributed by atoms with Gasteiger partial charge in [0.15, 0.2) is 5.76 Å². The third-order valence-corrected chi connectivity index (χ3v) is 2.78. The normalized spacial score (nSPS) is 11.2. The number of carbonyl (C=O) groups is 1. The van der Waals surface area contributed by atoms with Crippen molar-refractivity contribution in [2.24, 2.45) is 0 Å². The zero-order valence-corrected chi connectivity index (χ0v) is 11.0. The Balaban J connectivity index is 2.24. The fraction of sp³-hybridized carbons (Fsp3) is 0.231. The van der Waals surface area contributed by atoms with Gasteiger partial charge in [0.05, 0.1) is 29.6 Å². The molecule has 0 aliphatic carbocycles. The molecule has 1 amide bonds. The van der Waals surface area contributed by atoms with E-state index in [0.717, 1.165) is 6.07 Å². The van der Waals surface area contributed by atoms with Crippen LogP contribution >= 0.6 is 0 Å². The molecule has 0 saturated heterocycles. The van der Waals surface area contributed by atoms with E-state index in [1.54, 1.807) is 6.07 Å². The number of hydrogen-bond acceptors (Lipinski definition) is 4. The van der Waals surface area contributed by atoms with Crippen molar-refractivity contribution in [1.29, 1.82) is 0 Å². The van der Waals surface area contributed by atoms with Gasteiger partial charge >= 0.3 is 6.18 Å². The maximum absolute atomic E-state index is 12.9. The summed E-state index contributed by atoms with van der Waals surface area (Å²) in [4.78, 5) is 12.0. The van der Waals surface area contributed by atoms with Gasteiger partial charge in [-0.15, -0.1) is 0 Å². The first-order chi connectivity index (χ1) is 9.93. The first-order valence-electron chi connectivity index (χ1n) is 5.99. The molecule has 112 valence electrons. The molecule has 21 heavy (non-hydrogen) atoms. The maximum atomic E-state index is 12.9. The van der Waals surface area contributed by atoms with Gasteiger partial charge in [-0.05, 0) is 12.1 Å². The second-order valence-corrected chi connectivity index (χ2v) is 4.14. The molecule has 0 spiro atoms. The van der Waals surface area contributed by atoms with Crippen LogP contribution in [-0.4, -0.2) is 18.1 Å². The Morgan fingerprint density at radius 2 is 2.10 bits per heavy atom. The Labute approximate surface area is 118 Å². The van der Waals surface area contributed by atoms with Crippen molar-refractivity contribution in [2.45, 2.75) is 12.7 Å². The van der Waals surface area contributed by atoms with Crippen molar-refractivity contribution in [1.82, 2.24) is 10.5 Å². The molecular weight excluding hydrogens is 287 g/mol. The highest BCUT2D eigenvalue weighted by Crippen LogP contribution is 2.36. The van der Waals surface area contributed by atoms with Crippen LogP contribution in [0.15, 0.2) is 35.0 Å². The van der Waals surface area contributed by atoms with E-state index in [2.05, 4.69) is 15.8 Å². The molecule has 0 fully saturated rings. The summed E-state index contributed by atoms with van der Waals surface area (Å²) >= 11 is 0. The largest absolute Gasteiger partial charge is 0.418 e. The SMILES string of the molecule is CNc1c(C(=O)NCc2ccno2)cccc1C(F)(F)F. The zero-order chi connectivity index (χ0) is 15.5. The number of benzene rings is 1. The molecule has 2 N–H and O–H groups in total. The fourth-order valence-corrected chi connectivity index (χ4v) is 1.84. The van der Waals surface area contributed by atoms with Gasteiger partial charge in [0.1, 0.15) is 0 Å². The number of nitrogens with one attached hydrogen (secondary N) is 2. The predicted octanol–water partition coefficient (Wildman–Crippen LogP) is 2.67. The standard InChI is InChI=1S/C13H12F3N3O2/c1-17-11-9(3-2-4-10(11)13(14,15)16)12(20)18-7-8-5-6-19-21-8/h2-6,17H,7H2,1H3,(H,18,20). The smallest absolute Gasteiger partial charge is 0.387 e. The second-order valence-electron chi connectivity index (χ2n) is 4.14. The van der Waals surface area contributed by atoms with Crippen molar-refractivity contribution in [3.05, 3.63) is 47.3 Å². The van der Waals surface area contributed by atoms with Gasteiger partial charge in [-0.3, -0.25) is 4.79 Å². The molecule has 1 aromatic carbocycles. The van der Waals surface area contributed by atoms with Crippen LogP contribution in [0.4, 0.5) is 18.9 Å². The summed E-state index contributed by atoms with van der Waals surface area (Å²) in [5.41, 5.74) is -1.25. The molecule has 0 atom stereocenters. The van der Waals surface area contributed by atoms with Crippen LogP contribution < -0.4 is 10.6 Å². The van der Waals surface area contributed by atoms with Crippen LogP contribution in [0.2, 0.25) is 0 Å². The van der Waals surface area contributed by atoms with E-state index >= 15 is 0 Å². The summed E-state index contributed by atoms with van der Waals surface area (Å²) < 4.78 is 43.5.